The van der Waals surface area contributed by atoms with Gasteiger partial charge in [0, 0.05) is 18.0 Å². The molecule has 1 aliphatic carbocycles. The topological polar surface area (TPSA) is 35.2 Å². The SMILES string of the molecule is CC1(C)CCC2(CC(N)c3ccccc3O2)C1. The average molecular weight is 231 g/mol. The van der Waals surface area contributed by atoms with Gasteiger partial charge >= 0.3 is 0 Å². The molecule has 1 heterocycles. The van der Waals surface area contributed by atoms with Gasteiger partial charge in [0.25, 0.3) is 0 Å². The van der Waals surface area contributed by atoms with Crippen LogP contribution < -0.4 is 10.5 Å². The molecule has 2 aliphatic rings. The molecule has 1 aromatic rings. The molecule has 2 heteroatoms. The summed E-state index contributed by atoms with van der Waals surface area (Å²) >= 11 is 0. The first-order valence-electron chi connectivity index (χ1n) is 6.53. The second kappa shape index (κ2) is 3.49. The first-order valence-corrected chi connectivity index (χ1v) is 6.53. The van der Waals surface area contributed by atoms with Crippen LogP contribution in [0.2, 0.25) is 0 Å². The van der Waals surface area contributed by atoms with Crippen molar-refractivity contribution in [3.8, 4) is 5.75 Å². The van der Waals surface area contributed by atoms with E-state index in [1.54, 1.807) is 0 Å². The number of benzene rings is 1. The summed E-state index contributed by atoms with van der Waals surface area (Å²) in [7, 11) is 0. The maximum absolute atomic E-state index is 6.31. The molecule has 1 aromatic carbocycles. The molecule has 1 saturated carbocycles. The Labute approximate surface area is 103 Å². The minimum atomic E-state index is -0.00271. The van der Waals surface area contributed by atoms with E-state index >= 15 is 0 Å². The summed E-state index contributed by atoms with van der Waals surface area (Å²) in [6.07, 6.45) is 4.47. The average Bonchev–Trinajstić information content (AvgIpc) is 2.54. The van der Waals surface area contributed by atoms with Gasteiger partial charge in [0.2, 0.25) is 0 Å². The van der Waals surface area contributed by atoms with Crippen LogP contribution in [0, 0.1) is 5.41 Å². The lowest BCUT2D eigenvalue weighted by Gasteiger charge is -2.39. The van der Waals surface area contributed by atoms with Gasteiger partial charge in [0.15, 0.2) is 0 Å². The summed E-state index contributed by atoms with van der Waals surface area (Å²) in [4.78, 5) is 0. The Morgan fingerprint density at radius 2 is 2.00 bits per heavy atom. The molecule has 2 N–H and O–H groups in total. The summed E-state index contributed by atoms with van der Waals surface area (Å²) in [5.41, 5.74) is 7.87. The van der Waals surface area contributed by atoms with Crippen LogP contribution in [0.1, 0.15) is 51.1 Å². The standard InChI is InChI=1S/C15H21NO/c1-14(2)7-8-15(10-14)9-12(16)11-5-3-4-6-13(11)17-15/h3-6,12H,7-10,16H2,1-2H3. The maximum atomic E-state index is 6.31. The van der Waals surface area contributed by atoms with Gasteiger partial charge in [-0.15, -0.1) is 0 Å². The van der Waals surface area contributed by atoms with Gasteiger partial charge in [-0.1, -0.05) is 32.0 Å². The monoisotopic (exact) mass is 231 g/mol. The molecule has 0 amide bonds. The second-order valence-electron chi connectivity index (χ2n) is 6.47. The van der Waals surface area contributed by atoms with Crippen molar-refractivity contribution in [1.82, 2.24) is 0 Å². The molecule has 2 nitrogen and oxygen atoms in total. The van der Waals surface area contributed by atoms with E-state index in [0.29, 0.717) is 5.41 Å². The third kappa shape index (κ3) is 1.85. The van der Waals surface area contributed by atoms with Gasteiger partial charge in [0.05, 0.1) is 0 Å². The lowest BCUT2D eigenvalue weighted by atomic mass is 9.83. The highest BCUT2D eigenvalue weighted by molar-refractivity contribution is 5.39. The van der Waals surface area contributed by atoms with Crippen LogP contribution in [0.25, 0.3) is 0 Å². The third-order valence-corrected chi connectivity index (χ3v) is 4.29. The van der Waals surface area contributed by atoms with Crippen molar-refractivity contribution in [3.05, 3.63) is 29.8 Å². The molecular formula is C15H21NO. The molecule has 0 saturated heterocycles. The van der Waals surface area contributed by atoms with E-state index in [1.165, 1.54) is 12.0 Å². The number of ether oxygens (including phenoxy) is 1. The zero-order valence-corrected chi connectivity index (χ0v) is 10.7. The summed E-state index contributed by atoms with van der Waals surface area (Å²) < 4.78 is 6.31. The van der Waals surface area contributed by atoms with Gasteiger partial charge in [-0.2, -0.15) is 0 Å². The number of rotatable bonds is 0. The normalized spacial score (nSPS) is 34.4. The van der Waals surface area contributed by atoms with Crippen LogP contribution in [0.5, 0.6) is 5.75 Å². The number of nitrogens with two attached hydrogens (primary N) is 1. The largest absolute Gasteiger partial charge is 0.487 e. The number of hydrogen-bond acceptors (Lipinski definition) is 2. The zero-order valence-electron chi connectivity index (χ0n) is 10.7. The Hall–Kier alpha value is -1.02. The highest BCUT2D eigenvalue weighted by Crippen LogP contribution is 2.52. The Kier molecular flexibility index (Phi) is 2.27. The molecular weight excluding hydrogens is 210 g/mol. The van der Waals surface area contributed by atoms with E-state index in [4.69, 9.17) is 10.5 Å². The minimum Gasteiger partial charge on any atom is -0.487 e. The third-order valence-electron chi connectivity index (χ3n) is 4.29. The molecule has 92 valence electrons. The van der Waals surface area contributed by atoms with Crippen molar-refractivity contribution in [1.29, 1.82) is 0 Å². The van der Waals surface area contributed by atoms with Crippen molar-refractivity contribution >= 4 is 0 Å². The van der Waals surface area contributed by atoms with Crippen LogP contribution in [-0.2, 0) is 0 Å². The molecule has 1 fully saturated rings. The molecule has 0 bridgehead atoms. The lowest BCUT2D eigenvalue weighted by molar-refractivity contribution is 0.0331. The maximum Gasteiger partial charge on any atom is 0.124 e. The molecule has 1 spiro atoms. The minimum absolute atomic E-state index is 0.00271. The van der Waals surface area contributed by atoms with E-state index in [2.05, 4.69) is 26.0 Å². The van der Waals surface area contributed by atoms with E-state index in [-0.39, 0.29) is 11.6 Å². The summed E-state index contributed by atoms with van der Waals surface area (Å²) in [6.45, 7) is 4.66. The van der Waals surface area contributed by atoms with Gasteiger partial charge in [-0.3, -0.25) is 0 Å². The van der Waals surface area contributed by atoms with Crippen LogP contribution in [0.4, 0.5) is 0 Å². The number of fused-ring (bicyclic) bond motifs is 1. The predicted molar refractivity (Wildman–Crippen MR) is 69.0 cm³/mol. The molecule has 2 atom stereocenters. The van der Waals surface area contributed by atoms with Crippen molar-refractivity contribution in [2.24, 2.45) is 11.1 Å². The first-order chi connectivity index (χ1) is 8.00. The van der Waals surface area contributed by atoms with Gasteiger partial charge < -0.3 is 10.5 Å². The number of para-hydroxylation sites is 1. The Bertz CT molecular complexity index is 440. The van der Waals surface area contributed by atoms with E-state index in [0.717, 1.165) is 25.0 Å². The van der Waals surface area contributed by atoms with Gasteiger partial charge in [-0.25, -0.2) is 0 Å². The van der Waals surface area contributed by atoms with Crippen LogP contribution >= 0.6 is 0 Å². The summed E-state index contributed by atoms with van der Waals surface area (Å²) in [5, 5.41) is 0. The molecule has 1 aliphatic heterocycles. The first kappa shape index (κ1) is 11.1. The van der Waals surface area contributed by atoms with Crippen molar-refractivity contribution in [3.63, 3.8) is 0 Å². The zero-order chi connectivity index (χ0) is 12.1. The van der Waals surface area contributed by atoms with Crippen molar-refractivity contribution in [2.45, 2.75) is 51.2 Å². The Morgan fingerprint density at radius 3 is 2.71 bits per heavy atom. The summed E-state index contributed by atoms with van der Waals surface area (Å²) in [6, 6.07) is 8.35. The molecule has 3 rings (SSSR count). The van der Waals surface area contributed by atoms with Crippen molar-refractivity contribution < 1.29 is 4.74 Å². The van der Waals surface area contributed by atoms with Gasteiger partial charge in [-0.05, 0) is 30.7 Å². The fraction of sp³-hybridized carbons (Fsp3) is 0.600. The molecule has 0 aromatic heterocycles. The highest BCUT2D eigenvalue weighted by atomic mass is 16.5. The molecule has 17 heavy (non-hydrogen) atoms. The van der Waals surface area contributed by atoms with E-state index in [9.17, 15) is 0 Å². The molecule has 0 radical (unpaired) electrons. The van der Waals surface area contributed by atoms with Crippen molar-refractivity contribution in [2.75, 3.05) is 0 Å². The fourth-order valence-electron chi connectivity index (χ4n) is 3.54. The highest BCUT2D eigenvalue weighted by Gasteiger charge is 2.48. The quantitative estimate of drug-likeness (QED) is 0.742. The predicted octanol–water partition coefficient (Wildman–Crippen LogP) is 3.42. The summed E-state index contributed by atoms with van der Waals surface area (Å²) in [5.74, 6) is 1.00. The number of hydrogen-bond donors (Lipinski definition) is 1. The van der Waals surface area contributed by atoms with E-state index in [1.807, 2.05) is 12.1 Å². The molecule has 2 unspecified atom stereocenters. The fourth-order valence-corrected chi connectivity index (χ4v) is 3.54. The van der Waals surface area contributed by atoms with Crippen LogP contribution in [0.3, 0.4) is 0 Å². The lowest BCUT2D eigenvalue weighted by Crippen LogP contribution is -2.41. The second-order valence-corrected chi connectivity index (χ2v) is 6.47. The van der Waals surface area contributed by atoms with Gasteiger partial charge in [0.1, 0.15) is 11.4 Å². The Morgan fingerprint density at radius 1 is 1.24 bits per heavy atom. The van der Waals surface area contributed by atoms with E-state index < -0.39 is 0 Å². The van der Waals surface area contributed by atoms with Crippen LogP contribution in [-0.4, -0.2) is 5.60 Å². The van der Waals surface area contributed by atoms with Crippen LogP contribution in [0.15, 0.2) is 24.3 Å². The smallest absolute Gasteiger partial charge is 0.124 e. The Balaban J connectivity index is 1.94.